The van der Waals surface area contributed by atoms with Crippen molar-refractivity contribution in [2.45, 2.75) is 226 Å². The third-order valence-corrected chi connectivity index (χ3v) is 10.6. The Kier molecular flexibility index (Phi) is 48.5. The van der Waals surface area contributed by atoms with Gasteiger partial charge in [0.15, 0.2) is 6.10 Å². The molecule has 0 radical (unpaired) electrons. The predicted octanol–water partition coefficient (Wildman–Crippen LogP) is 17.1. The van der Waals surface area contributed by atoms with Gasteiger partial charge in [0.25, 0.3) is 0 Å². The fourth-order valence-corrected chi connectivity index (χ4v) is 6.76. The largest absolute Gasteiger partial charge is 0.462 e. The van der Waals surface area contributed by atoms with Crippen LogP contribution >= 0.6 is 0 Å². The molecule has 0 fully saturated rings. The molecule has 362 valence electrons. The van der Waals surface area contributed by atoms with Crippen molar-refractivity contribution < 1.29 is 28.6 Å². The van der Waals surface area contributed by atoms with Crippen LogP contribution in [0.3, 0.4) is 0 Å². The Bertz CT molecular complexity index is 1340. The van der Waals surface area contributed by atoms with Crippen LogP contribution in [0.1, 0.15) is 220 Å². The van der Waals surface area contributed by atoms with Gasteiger partial charge in [0.1, 0.15) is 13.2 Å². The summed E-state index contributed by atoms with van der Waals surface area (Å²) in [5.74, 6) is -1.02. The molecule has 0 saturated carbocycles. The molecule has 0 saturated heterocycles. The molecule has 0 aromatic carbocycles. The molecule has 0 aliphatic rings. The molecule has 0 bridgehead atoms. The summed E-state index contributed by atoms with van der Waals surface area (Å²) in [6.45, 7) is 6.30. The summed E-state index contributed by atoms with van der Waals surface area (Å²) in [5.41, 5.74) is 0. The summed E-state index contributed by atoms with van der Waals surface area (Å²) < 4.78 is 16.7. The van der Waals surface area contributed by atoms with Gasteiger partial charge in [0, 0.05) is 19.3 Å². The number of allylic oxidation sites excluding steroid dienone is 18. The monoisotopic (exact) mass is 887 g/mol. The average Bonchev–Trinajstić information content (AvgIpc) is 3.29. The van der Waals surface area contributed by atoms with Gasteiger partial charge in [-0.1, -0.05) is 233 Å². The molecule has 0 aromatic heterocycles. The number of hydrogen-bond donors (Lipinski definition) is 0. The van der Waals surface area contributed by atoms with Crippen LogP contribution in [-0.2, 0) is 28.6 Å². The minimum atomic E-state index is -0.816. The molecule has 0 aromatic rings. The molecule has 64 heavy (non-hydrogen) atoms. The normalized spacial score (nSPS) is 13.0. The molecule has 0 heterocycles. The lowest BCUT2D eigenvalue weighted by atomic mass is 10.0. The van der Waals surface area contributed by atoms with Crippen LogP contribution in [0.2, 0.25) is 0 Å². The second-order valence-corrected chi connectivity index (χ2v) is 16.7. The van der Waals surface area contributed by atoms with Crippen molar-refractivity contribution in [1.29, 1.82) is 0 Å². The van der Waals surface area contributed by atoms with Crippen molar-refractivity contribution in [3.8, 4) is 0 Å². The standard InChI is InChI=1S/C58H94O6/c1-4-7-10-13-16-19-22-25-27-28-29-30-31-34-36-39-42-45-48-51-57(60)63-54-55(53-62-56(59)50-47-44-41-38-35-32-24-21-18-15-12-9-6-3)64-58(61)52-49-46-43-40-37-33-26-23-20-17-14-11-8-5-2/h7,9-10,12,15-16,18-19,21,24-25,27,29-30,34,36,42,45,55H,4-6,8,11,13-14,17,20,22-23,26,28,31-33,35,37-41,43-44,46-54H2,1-3H3/b10-7-,12-9-,18-15-,19-16-,24-21-,27-25-,30-29-,36-34-,45-42-. The first-order chi connectivity index (χ1) is 31.5. The third-order valence-electron chi connectivity index (χ3n) is 10.6. The second kappa shape index (κ2) is 51.7. The van der Waals surface area contributed by atoms with Gasteiger partial charge >= 0.3 is 17.9 Å². The molecule has 0 aliphatic heterocycles. The first-order valence-electron chi connectivity index (χ1n) is 25.9. The fraction of sp³-hybridized carbons (Fsp3) is 0.638. The van der Waals surface area contributed by atoms with Crippen LogP contribution in [0.15, 0.2) is 109 Å². The van der Waals surface area contributed by atoms with Crippen LogP contribution in [0.4, 0.5) is 0 Å². The van der Waals surface area contributed by atoms with Gasteiger partial charge in [-0.15, -0.1) is 0 Å². The number of hydrogen-bond acceptors (Lipinski definition) is 6. The van der Waals surface area contributed by atoms with E-state index >= 15 is 0 Å². The lowest BCUT2D eigenvalue weighted by Crippen LogP contribution is -2.30. The minimum Gasteiger partial charge on any atom is -0.462 e. The quantitative estimate of drug-likeness (QED) is 0.0199. The maximum Gasteiger partial charge on any atom is 0.306 e. The Balaban J connectivity index is 4.52. The van der Waals surface area contributed by atoms with Crippen LogP contribution in [-0.4, -0.2) is 37.2 Å². The summed E-state index contributed by atoms with van der Waals surface area (Å²) in [4.78, 5) is 37.9. The Morgan fingerprint density at radius 2 is 0.719 bits per heavy atom. The molecule has 0 spiro atoms. The smallest absolute Gasteiger partial charge is 0.306 e. The SMILES string of the molecule is CC\C=C/C=C\C=C/CCCCCCCC(=O)OCC(COC(=O)CC/C=C\C/C=C\C/C=C\C/C=C\C/C=C\C/C=C\CC)OC(=O)CCCCCCCCCCCCCCCC. The summed E-state index contributed by atoms with van der Waals surface area (Å²) in [5, 5.41) is 0. The van der Waals surface area contributed by atoms with Crippen molar-refractivity contribution in [3.63, 3.8) is 0 Å². The van der Waals surface area contributed by atoms with Crippen LogP contribution < -0.4 is 0 Å². The van der Waals surface area contributed by atoms with E-state index in [-0.39, 0.29) is 37.5 Å². The Hall–Kier alpha value is -3.93. The Labute approximate surface area is 393 Å². The summed E-state index contributed by atoms with van der Waals surface area (Å²) in [6.07, 6.45) is 69.4. The second-order valence-electron chi connectivity index (χ2n) is 16.7. The van der Waals surface area contributed by atoms with E-state index < -0.39 is 6.10 Å². The first-order valence-corrected chi connectivity index (χ1v) is 25.9. The highest BCUT2D eigenvalue weighted by atomic mass is 16.6. The van der Waals surface area contributed by atoms with Crippen LogP contribution in [0.25, 0.3) is 0 Å². The Morgan fingerprint density at radius 1 is 0.344 bits per heavy atom. The number of esters is 3. The van der Waals surface area contributed by atoms with Gasteiger partial charge in [-0.2, -0.15) is 0 Å². The van der Waals surface area contributed by atoms with E-state index in [0.29, 0.717) is 19.3 Å². The molecule has 6 nitrogen and oxygen atoms in total. The topological polar surface area (TPSA) is 78.9 Å². The van der Waals surface area contributed by atoms with Gasteiger partial charge in [-0.25, -0.2) is 0 Å². The molecule has 0 rings (SSSR count). The fourth-order valence-electron chi connectivity index (χ4n) is 6.76. The number of rotatable bonds is 45. The number of ether oxygens (including phenoxy) is 3. The van der Waals surface area contributed by atoms with Gasteiger partial charge in [0.05, 0.1) is 0 Å². The van der Waals surface area contributed by atoms with E-state index in [1.54, 1.807) is 0 Å². The van der Waals surface area contributed by atoms with E-state index in [1.165, 1.54) is 70.6 Å². The van der Waals surface area contributed by atoms with Gasteiger partial charge in [0.2, 0.25) is 0 Å². The van der Waals surface area contributed by atoms with E-state index in [0.717, 1.165) is 103 Å². The highest BCUT2D eigenvalue weighted by molar-refractivity contribution is 5.71. The number of carbonyl (C=O) groups is 3. The predicted molar refractivity (Wildman–Crippen MR) is 274 cm³/mol. The van der Waals surface area contributed by atoms with E-state index in [4.69, 9.17) is 14.2 Å². The number of carbonyl (C=O) groups excluding carboxylic acids is 3. The van der Waals surface area contributed by atoms with Crippen molar-refractivity contribution in [2.24, 2.45) is 0 Å². The lowest BCUT2D eigenvalue weighted by molar-refractivity contribution is -0.166. The van der Waals surface area contributed by atoms with E-state index in [2.05, 4.69) is 118 Å². The molecule has 1 unspecified atom stereocenters. The van der Waals surface area contributed by atoms with Crippen LogP contribution in [0, 0.1) is 0 Å². The van der Waals surface area contributed by atoms with E-state index in [1.807, 2.05) is 12.2 Å². The van der Waals surface area contributed by atoms with Gasteiger partial charge < -0.3 is 14.2 Å². The molecule has 6 heteroatoms. The van der Waals surface area contributed by atoms with Crippen molar-refractivity contribution in [2.75, 3.05) is 13.2 Å². The zero-order valence-electron chi connectivity index (χ0n) is 41.3. The van der Waals surface area contributed by atoms with E-state index in [9.17, 15) is 14.4 Å². The zero-order chi connectivity index (χ0) is 46.5. The molecular weight excluding hydrogens is 793 g/mol. The van der Waals surface area contributed by atoms with Gasteiger partial charge in [-0.3, -0.25) is 14.4 Å². The number of unbranched alkanes of at least 4 members (excludes halogenated alkanes) is 18. The molecule has 0 aliphatic carbocycles. The zero-order valence-corrected chi connectivity index (χ0v) is 41.3. The molecular formula is C58H94O6. The van der Waals surface area contributed by atoms with Crippen LogP contribution in [0.5, 0.6) is 0 Å². The maximum atomic E-state index is 12.8. The van der Waals surface area contributed by atoms with Crippen molar-refractivity contribution >= 4 is 17.9 Å². The maximum absolute atomic E-state index is 12.8. The lowest BCUT2D eigenvalue weighted by Gasteiger charge is -2.18. The summed E-state index contributed by atoms with van der Waals surface area (Å²) >= 11 is 0. The highest BCUT2D eigenvalue weighted by Gasteiger charge is 2.19. The first kappa shape index (κ1) is 60.1. The summed E-state index contributed by atoms with van der Waals surface area (Å²) in [6, 6.07) is 0. The third kappa shape index (κ3) is 49.1. The van der Waals surface area contributed by atoms with Crippen molar-refractivity contribution in [1.82, 2.24) is 0 Å². The summed E-state index contributed by atoms with van der Waals surface area (Å²) in [7, 11) is 0. The molecule has 1 atom stereocenters. The van der Waals surface area contributed by atoms with Gasteiger partial charge in [-0.05, 0) is 77.0 Å². The molecule has 0 amide bonds. The highest BCUT2D eigenvalue weighted by Crippen LogP contribution is 2.15. The molecule has 0 N–H and O–H groups in total. The van der Waals surface area contributed by atoms with Crippen molar-refractivity contribution in [3.05, 3.63) is 109 Å². The average molecular weight is 887 g/mol. The Morgan fingerprint density at radius 3 is 1.19 bits per heavy atom. The minimum absolute atomic E-state index is 0.112.